The molecule has 0 N–H and O–H groups in total. The monoisotopic (exact) mass is 340 g/mol. The first kappa shape index (κ1) is 17.4. The van der Waals surface area contributed by atoms with E-state index in [1.807, 2.05) is 19.0 Å². The maximum atomic E-state index is 12.2. The van der Waals surface area contributed by atoms with E-state index in [1.165, 1.54) is 7.11 Å². The molecule has 1 fully saturated rings. The van der Waals surface area contributed by atoms with Crippen LogP contribution in [0.4, 0.5) is 5.69 Å². The van der Waals surface area contributed by atoms with Crippen molar-refractivity contribution in [2.24, 2.45) is 0 Å². The first-order valence-electron chi connectivity index (χ1n) is 7.12. The molecule has 8 heteroatoms. The van der Waals surface area contributed by atoms with Crippen molar-refractivity contribution in [1.29, 1.82) is 0 Å². The number of methoxy groups -OCH3 is 1. The van der Waals surface area contributed by atoms with E-state index < -0.39 is 22.0 Å². The third kappa shape index (κ3) is 3.70. The third-order valence-corrected chi connectivity index (χ3v) is 5.67. The highest BCUT2D eigenvalue weighted by Crippen LogP contribution is 2.26. The van der Waals surface area contributed by atoms with Crippen LogP contribution in [0.1, 0.15) is 22.3 Å². The molecule has 0 unspecified atom stereocenters. The van der Waals surface area contributed by atoms with Crippen LogP contribution in [0.25, 0.3) is 0 Å². The summed E-state index contributed by atoms with van der Waals surface area (Å²) < 4.78 is 30.3. The summed E-state index contributed by atoms with van der Waals surface area (Å²) in [7, 11) is 1.39. The maximum absolute atomic E-state index is 12.2. The Morgan fingerprint density at radius 1 is 1.39 bits per heavy atom. The van der Waals surface area contributed by atoms with Crippen molar-refractivity contribution in [1.82, 2.24) is 4.31 Å². The van der Waals surface area contributed by atoms with Gasteiger partial charge in [-0.2, -0.15) is 4.31 Å². The first-order valence-corrected chi connectivity index (χ1v) is 8.73. The molecule has 1 aliphatic heterocycles. The minimum atomic E-state index is -3.51. The summed E-state index contributed by atoms with van der Waals surface area (Å²) in [4.78, 5) is 24.7. The minimum Gasteiger partial charge on any atom is -0.468 e. The lowest BCUT2D eigenvalue weighted by Gasteiger charge is -2.22. The molecule has 0 aromatic heterocycles. The lowest BCUT2D eigenvalue weighted by atomic mass is 10.1. The van der Waals surface area contributed by atoms with E-state index in [0.717, 1.165) is 9.99 Å². The van der Waals surface area contributed by atoms with Crippen LogP contribution in [0.3, 0.4) is 0 Å². The van der Waals surface area contributed by atoms with Gasteiger partial charge in [0.05, 0.1) is 12.9 Å². The quantitative estimate of drug-likeness (QED) is 0.578. The number of anilines is 1. The topological polar surface area (TPSA) is 84.0 Å². The lowest BCUT2D eigenvalue weighted by Crippen LogP contribution is -2.38. The Morgan fingerprint density at radius 2 is 2.09 bits per heavy atom. The highest BCUT2D eigenvalue weighted by molar-refractivity contribution is 7.89. The molecule has 1 aromatic carbocycles. The Balaban J connectivity index is 2.37. The van der Waals surface area contributed by atoms with Crippen LogP contribution < -0.4 is 4.90 Å². The zero-order chi connectivity index (χ0) is 17.2. The van der Waals surface area contributed by atoms with Crippen molar-refractivity contribution >= 4 is 28.0 Å². The molecule has 7 nitrogen and oxygen atoms in total. The van der Waals surface area contributed by atoms with Gasteiger partial charge in [-0.1, -0.05) is 0 Å². The van der Waals surface area contributed by atoms with Gasteiger partial charge in [-0.05, 0) is 30.2 Å². The smallest absolute Gasteiger partial charge is 0.324 e. The molecule has 0 amide bonds. The summed E-state index contributed by atoms with van der Waals surface area (Å²) in [6, 6.07) is 4.33. The van der Waals surface area contributed by atoms with Gasteiger partial charge in [0.1, 0.15) is 12.3 Å². The predicted molar refractivity (Wildman–Crippen MR) is 85.9 cm³/mol. The van der Waals surface area contributed by atoms with Gasteiger partial charge in [-0.3, -0.25) is 9.59 Å². The van der Waals surface area contributed by atoms with Crippen molar-refractivity contribution in [3.8, 4) is 0 Å². The average molecular weight is 340 g/mol. The SMILES string of the molecule is COC(=O)[C@@H]1CCS(=O)(=O)N1Cc1cc(C=O)cc(N(C)C)c1. The molecule has 0 saturated carbocycles. The number of nitrogens with zero attached hydrogens (tertiary/aromatic N) is 2. The number of hydrogen-bond donors (Lipinski definition) is 0. The number of sulfonamides is 1. The van der Waals surface area contributed by atoms with Gasteiger partial charge < -0.3 is 9.64 Å². The zero-order valence-electron chi connectivity index (χ0n) is 13.4. The van der Waals surface area contributed by atoms with E-state index in [4.69, 9.17) is 4.74 Å². The molecule has 1 heterocycles. The van der Waals surface area contributed by atoms with E-state index >= 15 is 0 Å². The summed E-state index contributed by atoms with van der Waals surface area (Å²) in [5.41, 5.74) is 1.89. The van der Waals surface area contributed by atoms with Crippen molar-refractivity contribution in [3.63, 3.8) is 0 Å². The second kappa shape index (κ2) is 6.67. The van der Waals surface area contributed by atoms with Crippen molar-refractivity contribution in [2.45, 2.75) is 19.0 Å². The summed E-state index contributed by atoms with van der Waals surface area (Å²) in [5.74, 6) is -0.647. The lowest BCUT2D eigenvalue weighted by molar-refractivity contribution is -0.144. The Hall–Kier alpha value is -1.93. The summed E-state index contributed by atoms with van der Waals surface area (Å²) in [6.45, 7) is 0.0324. The van der Waals surface area contributed by atoms with Crippen LogP contribution in [0, 0.1) is 0 Å². The number of benzene rings is 1. The van der Waals surface area contributed by atoms with Gasteiger partial charge in [-0.25, -0.2) is 8.42 Å². The number of ether oxygens (including phenoxy) is 1. The first-order chi connectivity index (χ1) is 10.8. The molecule has 1 aliphatic rings. The highest BCUT2D eigenvalue weighted by atomic mass is 32.2. The number of carbonyl (C=O) groups excluding carboxylic acids is 2. The Bertz CT molecular complexity index is 715. The Kier molecular flexibility index (Phi) is 5.06. The second-order valence-electron chi connectivity index (χ2n) is 5.63. The normalized spacial score (nSPS) is 20.2. The fourth-order valence-electron chi connectivity index (χ4n) is 2.59. The molecule has 0 bridgehead atoms. The number of aldehydes is 1. The van der Waals surface area contributed by atoms with Crippen LogP contribution >= 0.6 is 0 Å². The Morgan fingerprint density at radius 3 is 2.65 bits per heavy atom. The van der Waals surface area contributed by atoms with Gasteiger partial charge in [0.15, 0.2) is 0 Å². The molecule has 0 spiro atoms. The standard InChI is InChI=1S/C15H20N2O5S/c1-16(2)13-7-11(6-12(8-13)10-18)9-17-14(15(19)22-3)4-5-23(17,20)21/h6-8,10,14H,4-5,9H2,1-3H3/t14-/m0/s1. The van der Waals surface area contributed by atoms with Gasteiger partial charge in [0.25, 0.3) is 0 Å². The van der Waals surface area contributed by atoms with E-state index in [1.54, 1.807) is 18.2 Å². The van der Waals surface area contributed by atoms with Crippen molar-refractivity contribution in [2.75, 3.05) is 31.9 Å². The van der Waals surface area contributed by atoms with E-state index in [2.05, 4.69) is 0 Å². The van der Waals surface area contributed by atoms with Crippen LogP contribution in [0.5, 0.6) is 0 Å². The Labute approximate surface area is 135 Å². The number of rotatable bonds is 5. The van der Waals surface area contributed by atoms with Gasteiger partial charge >= 0.3 is 5.97 Å². The van der Waals surface area contributed by atoms with E-state index in [-0.39, 0.29) is 18.7 Å². The molecular weight excluding hydrogens is 320 g/mol. The van der Waals surface area contributed by atoms with Crippen LogP contribution in [-0.4, -0.2) is 58.0 Å². The molecular formula is C15H20N2O5S. The molecule has 126 valence electrons. The van der Waals surface area contributed by atoms with Crippen LogP contribution in [-0.2, 0) is 26.1 Å². The molecule has 0 aliphatic carbocycles. The van der Waals surface area contributed by atoms with Crippen molar-refractivity contribution in [3.05, 3.63) is 29.3 Å². The third-order valence-electron chi connectivity index (χ3n) is 3.82. The number of carbonyl (C=O) groups is 2. The molecule has 1 atom stereocenters. The number of hydrogen-bond acceptors (Lipinski definition) is 6. The summed E-state index contributed by atoms with van der Waals surface area (Å²) in [6.07, 6.45) is 0.926. The molecule has 23 heavy (non-hydrogen) atoms. The summed E-state index contributed by atoms with van der Waals surface area (Å²) in [5, 5.41) is 0. The van der Waals surface area contributed by atoms with Crippen molar-refractivity contribution < 1.29 is 22.7 Å². The van der Waals surface area contributed by atoms with Crippen LogP contribution in [0.2, 0.25) is 0 Å². The second-order valence-corrected chi connectivity index (χ2v) is 7.68. The fourth-order valence-corrected chi connectivity index (χ4v) is 4.27. The largest absolute Gasteiger partial charge is 0.468 e. The van der Waals surface area contributed by atoms with Gasteiger partial charge in [0.2, 0.25) is 10.0 Å². The minimum absolute atomic E-state index is 0.0324. The molecule has 1 aromatic rings. The average Bonchev–Trinajstić information content (AvgIpc) is 2.81. The predicted octanol–water partition coefficient (Wildman–Crippen LogP) is 0.642. The summed E-state index contributed by atoms with van der Waals surface area (Å²) >= 11 is 0. The molecule has 2 rings (SSSR count). The van der Waals surface area contributed by atoms with E-state index in [0.29, 0.717) is 17.4 Å². The van der Waals surface area contributed by atoms with Gasteiger partial charge in [-0.15, -0.1) is 0 Å². The highest BCUT2D eigenvalue weighted by Gasteiger charge is 2.42. The van der Waals surface area contributed by atoms with Gasteiger partial charge in [0, 0.05) is 31.9 Å². The van der Waals surface area contributed by atoms with E-state index in [9.17, 15) is 18.0 Å². The van der Waals surface area contributed by atoms with Crippen LogP contribution in [0.15, 0.2) is 18.2 Å². The number of esters is 1. The molecule has 1 saturated heterocycles. The molecule has 0 radical (unpaired) electrons. The fraction of sp³-hybridized carbons (Fsp3) is 0.467. The maximum Gasteiger partial charge on any atom is 0.324 e. The zero-order valence-corrected chi connectivity index (χ0v) is 14.2.